The number of hydrogen-bond acceptors (Lipinski definition) is 3. The Morgan fingerprint density at radius 1 is 1.36 bits per heavy atom. The van der Waals surface area contributed by atoms with E-state index in [-0.39, 0.29) is 18.0 Å². The average molecular weight is 344 g/mol. The molecular formula is C19H24N2O4. The topological polar surface area (TPSA) is 78.9 Å². The van der Waals surface area contributed by atoms with Crippen molar-refractivity contribution >= 4 is 12.0 Å². The fourth-order valence-corrected chi connectivity index (χ4v) is 4.69. The molecule has 3 aliphatic rings. The molecule has 25 heavy (non-hydrogen) atoms. The van der Waals surface area contributed by atoms with E-state index in [1.54, 1.807) is 4.90 Å². The summed E-state index contributed by atoms with van der Waals surface area (Å²) in [5.41, 5.74) is 2.54. The van der Waals surface area contributed by atoms with Crippen LogP contribution in [0.4, 0.5) is 4.79 Å². The van der Waals surface area contributed by atoms with Crippen molar-refractivity contribution in [1.29, 1.82) is 0 Å². The highest BCUT2D eigenvalue weighted by Gasteiger charge is 2.56. The van der Waals surface area contributed by atoms with Crippen molar-refractivity contribution in [2.24, 2.45) is 11.3 Å². The molecule has 1 saturated carbocycles. The van der Waals surface area contributed by atoms with E-state index in [9.17, 15) is 14.7 Å². The van der Waals surface area contributed by atoms with Crippen LogP contribution in [0.25, 0.3) is 0 Å². The van der Waals surface area contributed by atoms with Gasteiger partial charge in [0.1, 0.15) is 12.4 Å². The lowest BCUT2D eigenvalue weighted by atomic mass is 9.81. The van der Waals surface area contributed by atoms with Crippen molar-refractivity contribution in [2.75, 3.05) is 19.7 Å². The maximum absolute atomic E-state index is 12.7. The molecule has 134 valence electrons. The maximum atomic E-state index is 12.7. The summed E-state index contributed by atoms with van der Waals surface area (Å²) >= 11 is 0. The predicted octanol–water partition coefficient (Wildman–Crippen LogP) is 2.63. The Morgan fingerprint density at radius 2 is 2.16 bits per heavy atom. The van der Waals surface area contributed by atoms with Gasteiger partial charge in [-0.1, -0.05) is 18.6 Å². The molecule has 2 aliphatic heterocycles. The standard InChI is InChI=1S/C19H24N2O4/c1-11-5-6-14-15(9-25-16(14)12(11)2)20-18(24)21-8-13-4-3-7-19(13,10-21)17(22)23/h5-6,13,15H,3-4,7-10H2,1-2H3,(H,20,24)(H,22,23)/t13-,15?,19+/m0/s1. The number of urea groups is 1. The van der Waals surface area contributed by atoms with Crippen LogP contribution in [-0.4, -0.2) is 41.7 Å². The number of rotatable bonds is 2. The largest absolute Gasteiger partial charge is 0.490 e. The minimum atomic E-state index is -0.758. The van der Waals surface area contributed by atoms with Crippen molar-refractivity contribution in [3.05, 3.63) is 28.8 Å². The second kappa shape index (κ2) is 5.64. The van der Waals surface area contributed by atoms with Gasteiger partial charge in [0.15, 0.2) is 0 Å². The van der Waals surface area contributed by atoms with Crippen molar-refractivity contribution < 1.29 is 19.4 Å². The zero-order chi connectivity index (χ0) is 17.8. The number of amides is 2. The second-order valence-corrected chi connectivity index (χ2v) is 7.67. The fraction of sp³-hybridized carbons (Fsp3) is 0.579. The van der Waals surface area contributed by atoms with E-state index in [1.165, 1.54) is 5.56 Å². The average Bonchev–Trinajstić information content (AvgIpc) is 3.23. The molecule has 2 amide bonds. The molecule has 1 aromatic rings. The summed E-state index contributed by atoms with van der Waals surface area (Å²) in [7, 11) is 0. The van der Waals surface area contributed by atoms with Gasteiger partial charge >= 0.3 is 12.0 Å². The zero-order valence-corrected chi connectivity index (χ0v) is 14.7. The summed E-state index contributed by atoms with van der Waals surface area (Å²) in [5, 5.41) is 12.7. The van der Waals surface area contributed by atoms with Gasteiger partial charge in [0.25, 0.3) is 0 Å². The summed E-state index contributed by atoms with van der Waals surface area (Å²) in [6, 6.07) is 3.69. The number of aliphatic carboxylic acids is 1. The Labute approximate surface area is 147 Å². The normalized spacial score (nSPS) is 29.9. The van der Waals surface area contributed by atoms with Gasteiger partial charge < -0.3 is 20.1 Å². The quantitative estimate of drug-likeness (QED) is 0.864. The van der Waals surface area contributed by atoms with Crippen molar-refractivity contribution in [3.8, 4) is 5.75 Å². The molecule has 6 heteroatoms. The van der Waals surface area contributed by atoms with E-state index in [4.69, 9.17) is 4.74 Å². The first-order valence-electron chi connectivity index (χ1n) is 8.94. The van der Waals surface area contributed by atoms with Gasteiger partial charge in [-0.3, -0.25) is 4.79 Å². The fourth-order valence-electron chi connectivity index (χ4n) is 4.69. The predicted molar refractivity (Wildman–Crippen MR) is 91.7 cm³/mol. The molecule has 0 radical (unpaired) electrons. The minimum absolute atomic E-state index is 0.0766. The van der Waals surface area contributed by atoms with E-state index in [0.29, 0.717) is 26.1 Å². The molecule has 1 aliphatic carbocycles. The second-order valence-electron chi connectivity index (χ2n) is 7.67. The number of likely N-dealkylation sites (tertiary alicyclic amines) is 1. The molecule has 1 saturated heterocycles. The summed E-state index contributed by atoms with van der Waals surface area (Å²) < 4.78 is 5.79. The van der Waals surface area contributed by atoms with Gasteiger partial charge in [-0.25, -0.2) is 4.79 Å². The van der Waals surface area contributed by atoms with Crippen LogP contribution in [0, 0.1) is 25.2 Å². The molecule has 3 atom stereocenters. The minimum Gasteiger partial charge on any atom is -0.490 e. The molecule has 2 fully saturated rings. The maximum Gasteiger partial charge on any atom is 0.318 e. The van der Waals surface area contributed by atoms with Gasteiger partial charge in [-0.05, 0) is 43.7 Å². The summed E-state index contributed by atoms with van der Waals surface area (Å²) in [6.07, 6.45) is 2.50. The van der Waals surface area contributed by atoms with Gasteiger partial charge in [0.05, 0.1) is 11.5 Å². The van der Waals surface area contributed by atoms with E-state index >= 15 is 0 Å². The summed E-state index contributed by atoms with van der Waals surface area (Å²) in [4.78, 5) is 26.2. The third-order valence-electron chi connectivity index (χ3n) is 6.36. The third kappa shape index (κ3) is 2.38. The summed E-state index contributed by atoms with van der Waals surface area (Å²) in [6.45, 7) is 5.33. The Kier molecular flexibility index (Phi) is 3.67. The molecule has 0 spiro atoms. The monoisotopic (exact) mass is 344 g/mol. The van der Waals surface area contributed by atoms with Crippen molar-refractivity contribution in [1.82, 2.24) is 10.2 Å². The number of aryl methyl sites for hydroxylation is 1. The lowest BCUT2D eigenvalue weighted by molar-refractivity contribution is -0.149. The van der Waals surface area contributed by atoms with E-state index < -0.39 is 11.4 Å². The third-order valence-corrected chi connectivity index (χ3v) is 6.36. The Morgan fingerprint density at radius 3 is 2.88 bits per heavy atom. The Hall–Kier alpha value is -2.24. The number of carbonyl (C=O) groups excluding carboxylic acids is 1. The van der Waals surface area contributed by atoms with E-state index in [1.807, 2.05) is 26.0 Å². The van der Waals surface area contributed by atoms with Crippen LogP contribution in [0.1, 0.15) is 42.0 Å². The van der Waals surface area contributed by atoms with Crippen molar-refractivity contribution in [2.45, 2.75) is 39.2 Å². The van der Waals surface area contributed by atoms with E-state index in [2.05, 4.69) is 5.32 Å². The SMILES string of the molecule is Cc1ccc2c(c1C)OCC2NC(=O)N1C[C@@H]2CCC[C@@]2(C(=O)O)C1. The number of ether oxygens (including phenoxy) is 1. The Balaban J connectivity index is 1.48. The number of nitrogens with one attached hydrogen (secondary N) is 1. The number of benzene rings is 1. The highest BCUT2D eigenvalue weighted by atomic mass is 16.5. The first kappa shape index (κ1) is 16.2. The zero-order valence-electron chi connectivity index (χ0n) is 14.7. The number of fused-ring (bicyclic) bond motifs is 2. The number of carboxylic acids is 1. The van der Waals surface area contributed by atoms with Crippen LogP contribution in [0.15, 0.2) is 12.1 Å². The smallest absolute Gasteiger partial charge is 0.318 e. The molecule has 6 nitrogen and oxygen atoms in total. The number of carboxylic acid groups (broad SMARTS) is 1. The number of nitrogens with zero attached hydrogens (tertiary/aromatic N) is 1. The van der Waals surface area contributed by atoms with Gasteiger partial charge in [-0.15, -0.1) is 0 Å². The van der Waals surface area contributed by atoms with Crippen LogP contribution in [0.3, 0.4) is 0 Å². The van der Waals surface area contributed by atoms with Gasteiger partial charge in [0.2, 0.25) is 0 Å². The molecule has 1 aromatic carbocycles. The number of carbonyl (C=O) groups is 2. The van der Waals surface area contributed by atoms with Crippen molar-refractivity contribution in [3.63, 3.8) is 0 Å². The molecule has 0 bridgehead atoms. The van der Waals surface area contributed by atoms with Crippen LogP contribution >= 0.6 is 0 Å². The van der Waals surface area contributed by atoms with Gasteiger partial charge in [0, 0.05) is 18.7 Å². The summed E-state index contributed by atoms with van der Waals surface area (Å²) in [5.74, 6) is 0.185. The molecule has 0 aromatic heterocycles. The van der Waals surface area contributed by atoms with Gasteiger partial charge in [-0.2, -0.15) is 0 Å². The lowest BCUT2D eigenvalue weighted by Gasteiger charge is -2.24. The Bertz CT molecular complexity index is 747. The molecule has 2 heterocycles. The number of hydrogen-bond donors (Lipinski definition) is 2. The van der Waals surface area contributed by atoms with Crippen LogP contribution in [-0.2, 0) is 4.79 Å². The molecular weight excluding hydrogens is 320 g/mol. The first-order valence-corrected chi connectivity index (χ1v) is 8.94. The highest BCUT2D eigenvalue weighted by Crippen LogP contribution is 2.49. The lowest BCUT2D eigenvalue weighted by Crippen LogP contribution is -2.43. The molecule has 1 unspecified atom stereocenters. The van der Waals surface area contributed by atoms with Crippen LogP contribution in [0.2, 0.25) is 0 Å². The first-order chi connectivity index (χ1) is 11.9. The molecule has 4 rings (SSSR count). The van der Waals surface area contributed by atoms with Crippen LogP contribution in [0.5, 0.6) is 5.75 Å². The van der Waals surface area contributed by atoms with E-state index in [0.717, 1.165) is 29.7 Å². The van der Waals surface area contributed by atoms with Crippen LogP contribution < -0.4 is 10.1 Å². The molecule has 2 N–H and O–H groups in total. The highest BCUT2D eigenvalue weighted by molar-refractivity contribution is 5.81.